The van der Waals surface area contributed by atoms with Gasteiger partial charge in [0.25, 0.3) is 0 Å². The van der Waals surface area contributed by atoms with E-state index >= 15 is 0 Å². The molecule has 1 aliphatic rings. The smallest absolute Gasteiger partial charge is 0.00792 e. The van der Waals surface area contributed by atoms with E-state index in [-0.39, 0.29) is 0 Å². The molecule has 2 nitrogen and oxygen atoms in total. The highest BCUT2D eigenvalue weighted by Gasteiger charge is 2.36. The van der Waals surface area contributed by atoms with Crippen molar-refractivity contribution in [3.63, 3.8) is 0 Å². The lowest BCUT2D eigenvalue weighted by Gasteiger charge is -2.29. The second kappa shape index (κ2) is 5.86. The van der Waals surface area contributed by atoms with Crippen molar-refractivity contribution >= 4 is 0 Å². The summed E-state index contributed by atoms with van der Waals surface area (Å²) >= 11 is 0. The van der Waals surface area contributed by atoms with E-state index in [2.05, 4.69) is 31.0 Å². The molecule has 2 heteroatoms. The molecule has 0 bridgehead atoms. The van der Waals surface area contributed by atoms with Crippen LogP contribution in [0.2, 0.25) is 0 Å². The van der Waals surface area contributed by atoms with Gasteiger partial charge >= 0.3 is 0 Å². The van der Waals surface area contributed by atoms with Crippen LogP contribution in [0.25, 0.3) is 0 Å². The lowest BCUT2D eigenvalue weighted by molar-refractivity contribution is 0.196. The maximum atomic E-state index is 3.24. The van der Waals surface area contributed by atoms with Gasteiger partial charge in [0, 0.05) is 12.6 Å². The van der Waals surface area contributed by atoms with Gasteiger partial charge in [-0.15, -0.1) is 0 Å². The first-order valence-corrected chi connectivity index (χ1v) is 6.56. The molecule has 1 N–H and O–H groups in total. The molecule has 90 valence electrons. The van der Waals surface area contributed by atoms with Crippen LogP contribution in [0.5, 0.6) is 0 Å². The van der Waals surface area contributed by atoms with E-state index in [1.54, 1.807) is 0 Å². The molecule has 1 fully saturated rings. The molecule has 0 amide bonds. The fraction of sp³-hybridized carbons (Fsp3) is 1.00. The Hall–Kier alpha value is -0.0800. The van der Waals surface area contributed by atoms with Crippen LogP contribution in [-0.4, -0.2) is 37.6 Å². The van der Waals surface area contributed by atoms with Gasteiger partial charge in [0.05, 0.1) is 0 Å². The summed E-state index contributed by atoms with van der Waals surface area (Å²) in [6.07, 6.45) is 5.38. The number of nitrogens with one attached hydrogen (secondary N) is 1. The number of hydrogen-bond acceptors (Lipinski definition) is 2. The van der Waals surface area contributed by atoms with Gasteiger partial charge in [0.1, 0.15) is 0 Å². The van der Waals surface area contributed by atoms with Crippen molar-refractivity contribution in [1.29, 1.82) is 0 Å². The quantitative estimate of drug-likeness (QED) is 0.728. The van der Waals surface area contributed by atoms with E-state index in [0.29, 0.717) is 5.41 Å². The monoisotopic (exact) mass is 212 g/mol. The minimum atomic E-state index is 0.633. The van der Waals surface area contributed by atoms with Crippen LogP contribution in [-0.2, 0) is 0 Å². The van der Waals surface area contributed by atoms with Crippen molar-refractivity contribution in [2.24, 2.45) is 5.41 Å². The average molecular weight is 212 g/mol. The summed E-state index contributed by atoms with van der Waals surface area (Å²) < 4.78 is 0. The number of hydrogen-bond donors (Lipinski definition) is 1. The Balaban J connectivity index is 2.40. The van der Waals surface area contributed by atoms with Crippen molar-refractivity contribution in [3.05, 3.63) is 0 Å². The Labute approximate surface area is 95.4 Å². The van der Waals surface area contributed by atoms with Gasteiger partial charge in [-0.05, 0) is 58.2 Å². The second-order valence-electron chi connectivity index (χ2n) is 5.17. The largest absolute Gasteiger partial charge is 0.320 e. The van der Waals surface area contributed by atoms with E-state index in [0.717, 1.165) is 12.6 Å². The van der Waals surface area contributed by atoms with Crippen molar-refractivity contribution < 1.29 is 0 Å². The molecule has 0 radical (unpaired) electrons. The standard InChI is InChI=1S/C13H28N2/c1-5-13(6-2)8-10-15(11-13)12(3)7-9-14-4/h12,14H,5-11H2,1-4H3. The van der Waals surface area contributed by atoms with Crippen molar-refractivity contribution in [1.82, 2.24) is 10.2 Å². The van der Waals surface area contributed by atoms with Crippen molar-refractivity contribution in [2.75, 3.05) is 26.7 Å². The first-order valence-electron chi connectivity index (χ1n) is 6.56. The molecule has 0 saturated carbocycles. The maximum absolute atomic E-state index is 3.24. The van der Waals surface area contributed by atoms with Gasteiger partial charge in [0.15, 0.2) is 0 Å². The molecular formula is C13H28N2. The Morgan fingerprint density at radius 2 is 2.00 bits per heavy atom. The fourth-order valence-corrected chi connectivity index (χ4v) is 2.71. The first kappa shape index (κ1) is 13.0. The SMILES string of the molecule is CCC1(CC)CCN(C(C)CCNC)C1. The fourth-order valence-electron chi connectivity index (χ4n) is 2.71. The summed E-state index contributed by atoms with van der Waals surface area (Å²) in [6.45, 7) is 10.9. The molecule has 1 atom stereocenters. The minimum absolute atomic E-state index is 0.633. The van der Waals surface area contributed by atoms with Gasteiger partial charge in [-0.2, -0.15) is 0 Å². The Bertz CT molecular complexity index is 175. The van der Waals surface area contributed by atoms with E-state index in [4.69, 9.17) is 0 Å². The third-order valence-electron chi connectivity index (χ3n) is 4.40. The molecular weight excluding hydrogens is 184 g/mol. The van der Waals surface area contributed by atoms with Crippen LogP contribution in [0.4, 0.5) is 0 Å². The van der Waals surface area contributed by atoms with Crippen LogP contribution in [0.1, 0.15) is 46.5 Å². The third-order valence-corrected chi connectivity index (χ3v) is 4.40. The van der Waals surface area contributed by atoms with Gasteiger partial charge in [0.2, 0.25) is 0 Å². The third kappa shape index (κ3) is 3.18. The normalized spacial score (nSPS) is 23.2. The summed E-state index contributed by atoms with van der Waals surface area (Å²) in [4.78, 5) is 2.68. The zero-order chi connectivity index (χ0) is 11.3. The average Bonchev–Trinajstić information content (AvgIpc) is 2.71. The number of nitrogens with zero attached hydrogens (tertiary/aromatic N) is 1. The van der Waals surface area contributed by atoms with Crippen LogP contribution in [0.15, 0.2) is 0 Å². The lowest BCUT2D eigenvalue weighted by Crippen LogP contribution is -2.35. The Kier molecular flexibility index (Phi) is 5.07. The molecule has 0 aromatic rings. The molecule has 0 spiro atoms. The van der Waals surface area contributed by atoms with E-state index < -0.39 is 0 Å². The molecule has 0 aromatic heterocycles. The minimum Gasteiger partial charge on any atom is -0.320 e. The maximum Gasteiger partial charge on any atom is 0.00792 e. The summed E-state index contributed by atoms with van der Waals surface area (Å²) in [7, 11) is 2.04. The van der Waals surface area contributed by atoms with Gasteiger partial charge in [-0.25, -0.2) is 0 Å². The summed E-state index contributed by atoms with van der Waals surface area (Å²) in [6, 6.07) is 0.748. The first-order chi connectivity index (χ1) is 7.17. The van der Waals surface area contributed by atoms with E-state index in [1.165, 1.54) is 38.8 Å². The Morgan fingerprint density at radius 3 is 2.47 bits per heavy atom. The molecule has 1 rings (SSSR count). The van der Waals surface area contributed by atoms with Gasteiger partial charge < -0.3 is 10.2 Å². The predicted molar refractivity (Wildman–Crippen MR) is 67.2 cm³/mol. The molecule has 0 aliphatic carbocycles. The highest BCUT2D eigenvalue weighted by molar-refractivity contribution is 4.89. The topological polar surface area (TPSA) is 15.3 Å². The molecule has 1 saturated heterocycles. The van der Waals surface area contributed by atoms with Crippen LogP contribution in [0.3, 0.4) is 0 Å². The predicted octanol–water partition coefficient (Wildman–Crippen LogP) is 2.50. The number of rotatable bonds is 6. The van der Waals surface area contributed by atoms with Gasteiger partial charge in [-0.1, -0.05) is 13.8 Å². The van der Waals surface area contributed by atoms with Crippen molar-refractivity contribution in [2.45, 2.75) is 52.5 Å². The second-order valence-corrected chi connectivity index (χ2v) is 5.17. The molecule has 1 heterocycles. The summed E-state index contributed by atoms with van der Waals surface area (Å²) in [5.74, 6) is 0. The van der Waals surface area contributed by atoms with Crippen LogP contribution >= 0.6 is 0 Å². The Morgan fingerprint density at radius 1 is 1.33 bits per heavy atom. The van der Waals surface area contributed by atoms with Crippen LogP contribution < -0.4 is 5.32 Å². The summed E-state index contributed by atoms with van der Waals surface area (Å²) in [5, 5.41) is 3.24. The number of likely N-dealkylation sites (tertiary alicyclic amines) is 1. The lowest BCUT2D eigenvalue weighted by atomic mass is 9.82. The van der Waals surface area contributed by atoms with Crippen molar-refractivity contribution in [3.8, 4) is 0 Å². The molecule has 0 aromatic carbocycles. The molecule has 1 aliphatic heterocycles. The van der Waals surface area contributed by atoms with Crippen LogP contribution in [0, 0.1) is 5.41 Å². The van der Waals surface area contributed by atoms with Gasteiger partial charge in [-0.3, -0.25) is 0 Å². The van der Waals surface area contributed by atoms with E-state index in [9.17, 15) is 0 Å². The molecule has 1 unspecified atom stereocenters. The highest BCUT2D eigenvalue weighted by Crippen LogP contribution is 2.37. The summed E-state index contributed by atoms with van der Waals surface area (Å²) in [5.41, 5.74) is 0.633. The zero-order valence-corrected chi connectivity index (χ0v) is 11.0. The highest BCUT2D eigenvalue weighted by atomic mass is 15.2. The zero-order valence-electron chi connectivity index (χ0n) is 11.0. The molecule has 15 heavy (non-hydrogen) atoms. The van der Waals surface area contributed by atoms with E-state index in [1.807, 2.05) is 7.05 Å².